The zero-order valence-electron chi connectivity index (χ0n) is 15.7. The fourth-order valence-electron chi connectivity index (χ4n) is 2.38. The summed E-state index contributed by atoms with van der Waals surface area (Å²) in [6, 6.07) is 0.444. The number of nitrogens with one attached hydrogen (secondary N) is 3. The third-order valence-corrected chi connectivity index (χ3v) is 3.69. The van der Waals surface area contributed by atoms with Crippen LogP contribution in [0, 0.1) is 11.8 Å². The Morgan fingerprint density at radius 1 is 1.27 bits per heavy atom. The number of aromatic nitrogens is 4. The predicted octanol–water partition coefficient (Wildman–Crippen LogP) is 2.64. The minimum atomic E-state index is 0. The molecule has 7 nitrogen and oxygen atoms in total. The van der Waals surface area contributed by atoms with E-state index in [-0.39, 0.29) is 13.3 Å². The van der Waals surface area contributed by atoms with Gasteiger partial charge in [-0.05, 0) is 12.5 Å². The van der Waals surface area contributed by atoms with Gasteiger partial charge in [-0.1, -0.05) is 35.1 Å². The number of nitrogens with two attached hydrogens (primary N) is 1. The number of hydrogen-bond acceptors (Lipinski definition) is 5. The van der Waals surface area contributed by atoms with Crippen LogP contribution >= 0.6 is 0 Å². The Morgan fingerprint density at radius 2 is 1.96 bits per heavy atom. The van der Waals surface area contributed by atoms with Crippen molar-refractivity contribution in [3.63, 3.8) is 0 Å². The molecular weight excluding hydrogens is 328 g/mol. The number of nitrogens with zero attached hydrogens (tertiary/aromatic N) is 2. The summed E-state index contributed by atoms with van der Waals surface area (Å²) in [5, 5.41) is 3.48. The molecule has 7 heteroatoms. The van der Waals surface area contributed by atoms with Gasteiger partial charge in [-0.2, -0.15) is 0 Å². The van der Waals surface area contributed by atoms with Crippen molar-refractivity contribution in [1.29, 1.82) is 0 Å². The van der Waals surface area contributed by atoms with Crippen LogP contribution in [0.1, 0.15) is 58.2 Å². The second kappa shape index (κ2) is 13.2. The molecule has 3 rings (SSSR count). The Bertz CT molecular complexity index is 577. The zero-order chi connectivity index (χ0) is 18.7. The minimum Gasteiger partial charge on any atom is -0.348 e. The maximum atomic E-state index is 9.50. The van der Waals surface area contributed by atoms with Crippen LogP contribution in [0.2, 0.25) is 0 Å². The van der Waals surface area contributed by atoms with Crippen LogP contribution in [-0.2, 0) is 17.6 Å². The number of carbonyl (C=O) groups excluding carboxylic acids is 1. The van der Waals surface area contributed by atoms with Crippen molar-refractivity contribution in [1.82, 2.24) is 25.3 Å². The highest BCUT2D eigenvalue weighted by molar-refractivity contribution is 5.51. The lowest BCUT2D eigenvalue weighted by atomic mass is 9.96. The highest BCUT2D eigenvalue weighted by Gasteiger charge is 2.24. The molecule has 26 heavy (non-hydrogen) atoms. The van der Waals surface area contributed by atoms with E-state index in [1.807, 2.05) is 13.8 Å². The predicted molar refractivity (Wildman–Crippen MR) is 107 cm³/mol. The summed E-state index contributed by atoms with van der Waals surface area (Å²) < 4.78 is 0. The molecular formula is C19H36N6O. The summed E-state index contributed by atoms with van der Waals surface area (Å²) >= 11 is 0. The van der Waals surface area contributed by atoms with E-state index in [1.165, 1.54) is 11.4 Å². The topological polar surface area (TPSA) is 112 Å². The largest absolute Gasteiger partial charge is 0.348 e. The van der Waals surface area contributed by atoms with Gasteiger partial charge >= 0.3 is 0 Å². The normalized spacial score (nSPS) is 15.1. The SMILES string of the molecule is C.CC(C)C1NCCc2[nH]cnc21.CC(C)C=O.NCCc1cnc[nH]1. The van der Waals surface area contributed by atoms with Crippen molar-refractivity contribution in [2.75, 3.05) is 13.1 Å². The van der Waals surface area contributed by atoms with Gasteiger partial charge in [0.15, 0.2) is 0 Å². The number of hydrogen-bond donors (Lipinski definition) is 4. The van der Waals surface area contributed by atoms with Crippen molar-refractivity contribution < 1.29 is 4.79 Å². The van der Waals surface area contributed by atoms with Gasteiger partial charge in [0, 0.05) is 42.9 Å². The number of aldehydes is 1. The molecule has 0 bridgehead atoms. The third-order valence-electron chi connectivity index (χ3n) is 3.69. The quantitative estimate of drug-likeness (QED) is 0.623. The van der Waals surface area contributed by atoms with Crippen LogP contribution in [0.3, 0.4) is 0 Å². The van der Waals surface area contributed by atoms with Crippen molar-refractivity contribution in [2.24, 2.45) is 17.6 Å². The van der Waals surface area contributed by atoms with Gasteiger partial charge in [0.25, 0.3) is 0 Å². The van der Waals surface area contributed by atoms with E-state index < -0.39 is 0 Å². The van der Waals surface area contributed by atoms with E-state index in [1.54, 1.807) is 18.9 Å². The lowest BCUT2D eigenvalue weighted by Gasteiger charge is -2.25. The standard InChI is InChI=1S/C9H15N3.C5H9N3.C4H8O.CH4/c1-6(2)8-9-7(3-4-10-8)11-5-12-9;6-2-1-5-3-7-4-8-5;1-4(2)3-5;/h5-6,8,10H,3-4H2,1-2H3,(H,11,12);3-4H,1-2,6H2,(H,7,8);3-4H,1-2H3;1H4. The summed E-state index contributed by atoms with van der Waals surface area (Å²) in [5.41, 5.74) is 8.91. The lowest BCUT2D eigenvalue weighted by Crippen LogP contribution is -2.33. The van der Waals surface area contributed by atoms with E-state index in [0.717, 1.165) is 31.4 Å². The van der Waals surface area contributed by atoms with Crippen LogP contribution < -0.4 is 11.1 Å². The molecule has 5 N–H and O–H groups in total. The zero-order valence-corrected chi connectivity index (χ0v) is 15.7. The number of rotatable bonds is 4. The van der Waals surface area contributed by atoms with Crippen molar-refractivity contribution in [2.45, 2.75) is 54.0 Å². The van der Waals surface area contributed by atoms with E-state index in [9.17, 15) is 4.79 Å². The first-order chi connectivity index (χ1) is 12.0. The molecule has 0 radical (unpaired) electrons. The fraction of sp³-hybridized carbons (Fsp3) is 0.632. The van der Waals surface area contributed by atoms with E-state index in [4.69, 9.17) is 5.73 Å². The summed E-state index contributed by atoms with van der Waals surface area (Å²) in [6.45, 7) is 9.91. The van der Waals surface area contributed by atoms with E-state index >= 15 is 0 Å². The first-order valence-electron chi connectivity index (χ1n) is 8.87. The van der Waals surface area contributed by atoms with Crippen LogP contribution in [0.15, 0.2) is 18.9 Å². The summed E-state index contributed by atoms with van der Waals surface area (Å²) in [6.07, 6.45) is 8.13. The second-order valence-corrected chi connectivity index (χ2v) is 6.69. The molecule has 0 saturated carbocycles. The Kier molecular flexibility index (Phi) is 12.2. The molecule has 3 heterocycles. The minimum absolute atomic E-state index is 0. The first kappa shape index (κ1) is 24.0. The van der Waals surface area contributed by atoms with E-state index in [0.29, 0.717) is 18.5 Å². The molecule has 1 atom stereocenters. The van der Waals surface area contributed by atoms with Gasteiger partial charge in [-0.3, -0.25) is 0 Å². The van der Waals surface area contributed by atoms with Gasteiger partial charge < -0.3 is 25.8 Å². The first-order valence-corrected chi connectivity index (χ1v) is 8.87. The van der Waals surface area contributed by atoms with Gasteiger partial charge in [0.1, 0.15) is 6.29 Å². The molecule has 0 fully saturated rings. The average molecular weight is 365 g/mol. The monoisotopic (exact) mass is 364 g/mol. The lowest BCUT2D eigenvalue weighted by molar-refractivity contribution is -0.110. The molecule has 0 spiro atoms. The van der Waals surface area contributed by atoms with Gasteiger partial charge in [0.05, 0.1) is 24.4 Å². The molecule has 148 valence electrons. The second-order valence-electron chi connectivity index (χ2n) is 6.69. The molecule has 0 amide bonds. The van der Waals surface area contributed by atoms with Crippen molar-refractivity contribution in [3.05, 3.63) is 35.9 Å². The number of H-pyrrole nitrogens is 2. The van der Waals surface area contributed by atoms with E-state index in [2.05, 4.69) is 39.1 Å². The number of carbonyl (C=O) groups is 1. The van der Waals surface area contributed by atoms with Crippen molar-refractivity contribution in [3.8, 4) is 0 Å². The molecule has 2 aromatic heterocycles. The molecule has 1 aliphatic heterocycles. The summed E-state index contributed by atoms with van der Waals surface area (Å²) in [4.78, 5) is 23.8. The third kappa shape index (κ3) is 8.40. The van der Waals surface area contributed by atoms with Crippen LogP contribution in [0.25, 0.3) is 0 Å². The highest BCUT2D eigenvalue weighted by atomic mass is 16.1. The highest BCUT2D eigenvalue weighted by Crippen LogP contribution is 2.25. The summed E-state index contributed by atoms with van der Waals surface area (Å²) in [7, 11) is 0. The molecule has 1 unspecified atom stereocenters. The maximum absolute atomic E-state index is 9.50. The Labute approximate surface area is 157 Å². The molecule has 1 aliphatic rings. The maximum Gasteiger partial charge on any atom is 0.122 e. The average Bonchev–Trinajstić information content (AvgIpc) is 3.27. The van der Waals surface area contributed by atoms with Gasteiger partial charge in [0.2, 0.25) is 0 Å². The van der Waals surface area contributed by atoms with Gasteiger partial charge in [-0.25, -0.2) is 9.97 Å². The van der Waals surface area contributed by atoms with Gasteiger partial charge in [-0.15, -0.1) is 0 Å². The fourth-order valence-corrected chi connectivity index (χ4v) is 2.38. The molecule has 0 saturated heterocycles. The summed E-state index contributed by atoms with van der Waals surface area (Å²) in [5.74, 6) is 0.822. The Balaban J connectivity index is 0.000000391. The van der Waals surface area contributed by atoms with Crippen LogP contribution in [0.5, 0.6) is 0 Å². The molecule has 2 aromatic rings. The number of aromatic amines is 2. The molecule has 0 aliphatic carbocycles. The number of fused-ring (bicyclic) bond motifs is 1. The van der Waals surface area contributed by atoms with Crippen LogP contribution in [-0.4, -0.2) is 39.3 Å². The van der Waals surface area contributed by atoms with Crippen LogP contribution in [0.4, 0.5) is 0 Å². The Morgan fingerprint density at radius 3 is 2.46 bits per heavy atom. The number of imidazole rings is 2. The van der Waals surface area contributed by atoms with Crippen molar-refractivity contribution >= 4 is 6.29 Å². The smallest absolute Gasteiger partial charge is 0.122 e. The molecule has 0 aromatic carbocycles. The Hall–Kier alpha value is -1.99.